The molecule has 4 aliphatic rings. The van der Waals surface area contributed by atoms with E-state index in [-0.39, 0.29) is 17.9 Å². The molecule has 2 atom stereocenters. The maximum Gasteiger partial charge on any atom is 0.254 e. The Morgan fingerprint density at radius 2 is 1.57 bits per heavy atom. The van der Waals surface area contributed by atoms with E-state index in [0.717, 1.165) is 49.3 Å². The minimum atomic E-state index is -0.438. The molecule has 2 aromatic rings. The first-order chi connectivity index (χ1) is 18.1. The Balaban J connectivity index is 1.35. The lowest BCUT2D eigenvalue weighted by atomic mass is 9.75. The topological polar surface area (TPSA) is 62.3 Å². The Kier molecular flexibility index (Phi) is 6.57. The van der Waals surface area contributed by atoms with Crippen LogP contribution >= 0.6 is 0 Å². The van der Waals surface area contributed by atoms with Gasteiger partial charge in [0, 0.05) is 44.3 Å². The summed E-state index contributed by atoms with van der Waals surface area (Å²) in [4.78, 5) is 34.6. The zero-order valence-corrected chi connectivity index (χ0v) is 21.9. The average Bonchev–Trinajstić information content (AvgIpc) is 2.96. The number of piperazine rings is 1. The van der Waals surface area contributed by atoms with Crippen molar-refractivity contribution in [1.82, 2.24) is 14.7 Å². The standard InChI is InChI=1S/C30H37N3O4/c1-36-25-18-20-12-13-33-28(24(20)19-26(25)37-2)27(22-10-6-7-11-23(22)29(33)34)30(35)32-16-14-31(15-17-32)21-8-4-3-5-9-21/h6-7,10-11,18-19,21,27-28H,3-5,8-9,12-17H2,1-2H3/t27-,28+/m0/s1. The van der Waals surface area contributed by atoms with Gasteiger partial charge in [0.25, 0.3) is 5.91 Å². The summed E-state index contributed by atoms with van der Waals surface area (Å²) in [6.07, 6.45) is 7.28. The van der Waals surface area contributed by atoms with Crippen LogP contribution in [0.15, 0.2) is 36.4 Å². The van der Waals surface area contributed by atoms with Crippen molar-refractivity contribution in [2.75, 3.05) is 46.9 Å². The Bertz CT molecular complexity index is 1180. The van der Waals surface area contributed by atoms with E-state index in [4.69, 9.17) is 9.47 Å². The Morgan fingerprint density at radius 1 is 0.865 bits per heavy atom. The molecule has 37 heavy (non-hydrogen) atoms. The molecule has 196 valence electrons. The van der Waals surface area contributed by atoms with Crippen LogP contribution in [0.3, 0.4) is 0 Å². The Labute approximate surface area is 219 Å². The van der Waals surface area contributed by atoms with Crippen LogP contribution in [-0.4, -0.2) is 79.5 Å². The van der Waals surface area contributed by atoms with Crippen LogP contribution in [0.4, 0.5) is 0 Å². The molecule has 1 saturated carbocycles. The molecule has 7 heteroatoms. The highest BCUT2D eigenvalue weighted by atomic mass is 16.5. The summed E-state index contributed by atoms with van der Waals surface area (Å²) in [5, 5.41) is 0. The van der Waals surface area contributed by atoms with Gasteiger partial charge in [-0.05, 0) is 54.2 Å². The van der Waals surface area contributed by atoms with E-state index in [2.05, 4.69) is 4.90 Å². The van der Waals surface area contributed by atoms with Crippen LogP contribution in [0.25, 0.3) is 0 Å². The van der Waals surface area contributed by atoms with Crippen molar-refractivity contribution in [3.8, 4) is 11.5 Å². The number of carbonyl (C=O) groups excluding carboxylic acids is 2. The number of benzene rings is 2. The third kappa shape index (κ3) is 4.17. The van der Waals surface area contributed by atoms with Crippen LogP contribution in [-0.2, 0) is 11.2 Å². The number of methoxy groups -OCH3 is 2. The van der Waals surface area contributed by atoms with Crippen molar-refractivity contribution >= 4 is 11.8 Å². The van der Waals surface area contributed by atoms with Gasteiger partial charge in [0.1, 0.15) is 0 Å². The van der Waals surface area contributed by atoms with E-state index >= 15 is 0 Å². The number of fused-ring (bicyclic) bond motifs is 4. The third-order valence-corrected chi connectivity index (χ3v) is 9.01. The first-order valence-corrected chi connectivity index (χ1v) is 13.8. The molecule has 3 heterocycles. The first kappa shape index (κ1) is 24.3. The van der Waals surface area contributed by atoms with Crippen molar-refractivity contribution in [2.45, 2.75) is 56.5 Å². The van der Waals surface area contributed by atoms with E-state index < -0.39 is 5.92 Å². The fraction of sp³-hybridized carbons (Fsp3) is 0.533. The number of hydrogen-bond donors (Lipinski definition) is 0. The number of rotatable bonds is 4. The van der Waals surface area contributed by atoms with Gasteiger partial charge < -0.3 is 19.3 Å². The van der Waals surface area contributed by atoms with Crippen LogP contribution in [0, 0.1) is 0 Å². The average molecular weight is 504 g/mol. The first-order valence-electron chi connectivity index (χ1n) is 13.8. The smallest absolute Gasteiger partial charge is 0.254 e. The van der Waals surface area contributed by atoms with Gasteiger partial charge in [-0.15, -0.1) is 0 Å². The fourth-order valence-electron chi connectivity index (χ4n) is 7.07. The van der Waals surface area contributed by atoms with Gasteiger partial charge in [-0.3, -0.25) is 14.5 Å². The van der Waals surface area contributed by atoms with Gasteiger partial charge in [0.05, 0.1) is 26.2 Å². The maximum absolute atomic E-state index is 14.4. The van der Waals surface area contributed by atoms with Gasteiger partial charge in [0.2, 0.25) is 5.91 Å². The van der Waals surface area contributed by atoms with Crippen molar-refractivity contribution in [3.63, 3.8) is 0 Å². The van der Waals surface area contributed by atoms with E-state index in [9.17, 15) is 9.59 Å². The second kappa shape index (κ2) is 10.0. The van der Waals surface area contributed by atoms with Gasteiger partial charge >= 0.3 is 0 Å². The number of carbonyl (C=O) groups is 2. The van der Waals surface area contributed by atoms with Crippen LogP contribution in [0.1, 0.15) is 71.1 Å². The second-order valence-corrected chi connectivity index (χ2v) is 10.8. The van der Waals surface area contributed by atoms with Gasteiger partial charge in [-0.2, -0.15) is 0 Å². The van der Waals surface area contributed by atoms with Crippen molar-refractivity contribution in [3.05, 3.63) is 58.7 Å². The zero-order valence-electron chi connectivity index (χ0n) is 21.9. The lowest BCUT2D eigenvalue weighted by Gasteiger charge is -2.47. The lowest BCUT2D eigenvalue weighted by Crippen LogP contribution is -2.56. The third-order valence-electron chi connectivity index (χ3n) is 9.01. The SMILES string of the molecule is COc1cc2c(cc1OC)[C@@H]1[C@@H](C(=O)N3CCN(C4CCCCC4)CC3)c3ccccc3C(=O)N1CC2. The van der Waals surface area contributed by atoms with Crippen molar-refractivity contribution < 1.29 is 19.1 Å². The molecular weight excluding hydrogens is 466 g/mol. The van der Waals surface area contributed by atoms with Crippen LogP contribution in [0.2, 0.25) is 0 Å². The predicted molar refractivity (Wildman–Crippen MR) is 141 cm³/mol. The lowest BCUT2D eigenvalue weighted by molar-refractivity contribution is -0.137. The summed E-state index contributed by atoms with van der Waals surface area (Å²) < 4.78 is 11.2. The summed E-state index contributed by atoms with van der Waals surface area (Å²) in [7, 11) is 3.26. The molecule has 1 aliphatic carbocycles. The Hall–Kier alpha value is -3.06. The largest absolute Gasteiger partial charge is 0.493 e. The van der Waals surface area contributed by atoms with Gasteiger partial charge in [-0.1, -0.05) is 37.5 Å². The quantitative estimate of drug-likeness (QED) is 0.631. The second-order valence-electron chi connectivity index (χ2n) is 10.8. The monoisotopic (exact) mass is 503 g/mol. The highest BCUT2D eigenvalue weighted by molar-refractivity contribution is 6.01. The van der Waals surface area contributed by atoms with Gasteiger partial charge in [-0.25, -0.2) is 0 Å². The molecule has 6 rings (SSSR count). The summed E-state index contributed by atoms with van der Waals surface area (Å²) in [5.41, 5.74) is 3.61. The molecule has 3 aliphatic heterocycles. The van der Waals surface area contributed by atoms with E-state index in [1.165, 1.54) is 32.1 Å². The molecule has 2 amide bonds. The number of nitrogens with zero attached hydrogens (tertiary/aromatic N) is 3. The molecule has 2 fully saturated rings. The predicted octanol–water partition coefficient (Wildman–Crippen LogP) is 4.02. The summed E-state index contributed by atoms with van der Waals surface area (Å²) >= 11 is 0. The zero-order chi connectivity index (χ0) is 25.5. The van der Waals surface area contributed by atoms with E-state index in [0.29, 0.717) is 29.6 Å². The molecule has 0 bridgehead atoms. The van der Waals surface area contributed by atoms with E-state index in [1.807, 2.05) is 46.2 Å². The molecule has 7 nitrogen and oxygen atoms in total. The summed E-state index contributed by atoms with van der Waals surface area (Å²) in [6, 6.07) is 12.0. The molecule has 0 radical (unpaired) electrons. The number of amides is 2. The van der Waals surface area contributed by atoms with Crippen LogP contribution < -0.4 is 9.47 Å². The summed E-state index contributed by atoms with van der Waals surface area (Å²) in [6.45, 7) is 3.93. The minimum absolute atomic E-state index is 0.00667. The highest BCUT2D eigenvalue weighted by Crippen LogP contribution is 2.49. The normalized spacial score (nSPS) is 24.2. The van der Waals surface area contributed by atoms with Crippen LogP contribution in [0.5, 0.6) is 11.5 Å². The molecular formula is C30H37N3O4. The number of hydrogen-bond acceptors (Lipinski definition) is 5. The summed E-state index contributed by atoms with van der Waals surface area (Å²) in [5.74, 6) is 1.00. The highest BCUT2D eigenvalue weighted by Gasteiger charge is 2.48. The van der Waals surface area contributed by atoms with Crippen molar-refractivity contribution in [1.29, 1.82) is 0 Å². The Morgan fingerprint density at radius 3 is 2.30 bits per heavy atom. The molecule has 0 spiro atoms. The molecule has 2 aromatic carbocycles. The molecule has 0 aromatic heterocycles. The molecule has 0 N–H and O–H groups in total. The molecule has 0 unspecified atom stereocenters. The maximum atomic E-state index is 14.4. The van der Waals surface area contributed by atoms with Gasteiger partial charge in [0.15, 0.2) is 11.5 Å². The molecule has 1 saturated heterocycles. The number of ether oxygens (including phenoxy) is 2. The fourth-order valence-corrected chi connectivity index (χ4v) is 7.07. The van der Waals surface area contributed by atoms with E-state index in [1.54, 1.807) is 14.2 Å². The minimum Gasteiger partial charge on any atom is -0.493 e. The van der Waals surface area contributed by atoms with Crippen molar-refractivity contribution in [2.24, 2.45) is 0 Å².